The zero-order chi connectivity index (χ0) is 35.4. The van der Waals surface area contributed by atoms with Crippen LogP contribution in [-0.2, 0) is 22.6 Å². The van der Waals surface area contributed by atoms with E-state index in [1.165, 1.54) is 37.7 Å². The van der Waals surface area contributed by atoms with Gasteiger partial charge in [-0.2, -0.15) is 0 Å². The summed E-state index contributed by atoms with van der Waals surface area (Å²) in [6, 6.07) is 6.25. The van der Waals surface area contributed by atoms with Crippen LogP contribution in [-0.4, -0.2) is 48.6 Å². The van der Waals surface area contributed by atoms with Crippen LogP contribution in [0.2, 0.25) is 0 Å². The van der Waals surface area contributed by atoms with Gasteiger partial charge in [-0.3, -0.25) is 9.78 Å². The molecule has 0 spiro atoms. The van der Waals surface area contributed by atoms with E-state index in [0.29, 0.717) is 34.6 Å². The highest BCUT2D eigenvalue weighted by Gasteiger charge is 2.33. The average Bonchev–Trinajstić information content (AvgIpc) is 3.74. The fourth-order valence-corrected chi connectivity index (χ4v) is 7.57. The molecule has 0 aliphatic carbocycles. The van der Waals surface area contributed by atoms with E-state index in [4.69, 9.17) is 9.97 Å². The standard InChI is InChI=1S/C40H53N5O4/c1-8-10-11-12-13-14-17-41-21-29-24(5)30-18-32-23(4)28(15-16-36(46)47)38(44-32)26(7)39-37(40(48)49)25(6)33(45-39)20-34-27(9-2)22(3)31(42-34)19-35(29)43-30/h18-20,23,28,41-43H,8-17,21H2,1-7H3,(H,46,47)(H,48,49)/t23-,28-/m0/s1. The summed E-state index contributed by atoms with van der Waals surface area (Å²) in [4.78, 5) is 41.8. The van der Waals surface area contributed by atoms with Gasteiger partial charge in [-0.25, -0.2) is 9.78 Å². The summed E-state index contributed by atoms with van der Waals surface area (Å²) in [6.07, 6.45) is 8.73. The minimum Gasteiger partial charge on any atom is -0.481 e. The Morgan fingerprint density at radius 1 is 0.816 bits per heavy atom. The Morgan fingerprint density at radius 2 is 1.47 bits per heavy atom. The smallest absolute Gasteiger partial charge is 0.338 e. The maximum atomic E-state index is 12.7. The summed E-state index contributed by atoms with van der Waals surface area (Å²) in [5, 5.41) is 23.7. The van der Waals surface area contributed by atoms with Crippen molar-refractivity contribution in [3.8, 4) is 0 Å². The lowest BCUT2D eigenvalue weighted by atomic mass is 9.85. The molecule has 3 aromatic heterocycles. The lowest BCUT2D eigenvalue weighted by molar-refractivity contribution is -0.137. The van der Waals surface area contributed by atoms with E-state index in [9.17, 15) is 19.8 Å². The lowest BCUT2D eigenvalue weighted by Crippen LogP contribution is -2.15. The number of unbranched alkanes of at least 4 members (excludes halogenated alkanes) is 5. The first-order valence-corrected chi connectivity index (χ1v) is 18.1. The molecular weight excluding hydrogens is 614 g/mol. The number of aromatic amines is 2. The molecule has 49 heavy (non-hydrogen) atoms. The van der Waals surface area contributed by atoms with Crippen molar-refractivity contribution in [2.24, 2.45) is 0 Å². The van der Waals surface area contributed by atoms with Crippen LogP contribution in [0.25, 0.3) is 33.2 Å². The maximum absolute atomic E-state index is 12.7. The molecule has 5 N–H and O–H groups in total. The summed E-state index contributed by atoms with van der Waals surface area (Å²) in [5.41, 5.74) is 12.6. The molecule has 0 saturated heterocycles. The quantitative estimate of drug-likeness (QED) is 0.108. The molecular formula is C40H53N5O4. The van der Waals surface area contributed by atoms with E-state index in [-0.39, 0.29) is 23.8 Å². The third kappa shape index (κ3) is 7.52. The van der Waals surface area contributed by atoms with Crippen molar-refractivity contribution in [3.63, 3.8) is 0 Å². The predicted molar refractivity (Wildman–Crippen MR) is 198 cm³/mol. The molecule has 2 aliphatic heterocycles. The number of carboxylic acid groups (broad SMARTS) is 2. The maximum Gasteiger partial charge on any atom is 0.338 e. The molecule has 0 radical (unpaired) electrons. The number of fused-ring (bicyclic) bond motifs is 8. The number of hydrogen-bond donors (Lipinski definition) is 5. The minimum atomic E-state index is -1.04. The van der Waals surface area contributed by atoms with Gasteiger partial charge in [0.2, 0.25) is 0 Å². The highest BCUT2D eigenvalue weighted by Crippen LogP contribution is 2.43. The van der Waals surface area contributed by atoms with E-state index in [0.717, 1.165) is 70.4 Å². The van der Waals surface area contributed by atoms with Gasteiger partial charge in [0.25, 0.3) is 0 Å². The third-order valence-electron chi connectivity index (χ3n) is 10.6. The van der Waals surface area contributed by atoms with Gasteiger partial charge < -0.3 is 25.5 Å². The van der Waals surface area contributed by atoms with Gasteiger partial charge in [-0.05, 0) is 105 Å². The van der Waals surface area contributed by atoms with Crippen molar-refractivity contribution in [2.45, 2.75) is 125 Å². The largest absolute Gasteiger partial charge is 0.481 e. The van der Waals surface area contributed by atoms with Gasteiger partial charge in [0.05, 0.1) is 17.0 Å². The van der Waals surface area contributed by atoms with Gasteiger partial charge in [0, 0.05) is 58.3 Å². The van der Waals surface area contributed by atoms with Crippen LogP contribution in [0.4, 0.5) is 0 Å². The molecule has 5 heterocycles. The molecule has 5 rings (SSSR count). The zero-order valence-electron chi connectivity index (χ0n) is 30.3. The summed E-state index contributed by atoms with van der Waals surface area (Å²) < 4.78 is 0. The number of rotatable bonds is 14. The molecule has 0 aromatic carbocycles. The number of carbonyl (C=O) groups is 2. The Morgan fingerprint density at radius 3 is 2.14 bits per heavy atom. The second-order valence-electron chi connectivity index (χ2n) is 13.9. The molecule has 0 saturated carbocycles. The molecule has 262 valence electrons. The van der Waals surface area contributed by atoms with E-state index < -0.39 is 11.9 Å². The molecule has 0 fully saturated rings. The highest BCUT2D eigenvalue weighted by atomic mass is 16.4. The third-order valence-corrected chi connectivity index (χ3v) is 10.6. The van der Waals surface area contributed by atoms with Crippen LogP contribution < -0.4 is 5.32 Å². The van der Waals surface area contributed by atoms with Crippen molar-refractivity contribution in [3.05, 3.63) is 68.8 Å². The molecule has 8 bridgehead atoms. The zero-order valence-corrected chi connectivity index (χ0v) is 30.3. The normalized spacial score (nSPS) is 16.1. The minimum absolute atomic E-state index is 0.00396. The first-order valence-electron chi connectivity index (χ1n) is 18.1. The van der Waals surface area contributed by atoms with E-state index in [2.05, 4.69) is 62.0 Å². The van der Waals surface area contributed by atoms with Gasteiger partial charge in [0.15, 0.2) is 0 Å². The first kappa shape index (κ1) is 36.1. The van der Waals surface area contributed by atoms with Crippen LogP contribution in [0.1, 0.15) is 141 Å². The topological polar surface area (TPSA) is 144 Å². The molecule has 3 aromatic rings. The molecule has 0 amide bonds. The van der Waals surface area contributed by atoms with Crippen LogP contribution in [0.5, 0.6) is 0 Å². The first-order chi connectivity index (χ1) is 23.5. The Labute approximate surface area is 289 Å². The summed E-state index contributed by atoms with van der Waals surface area (Å²) in [7, 11) is 0. The monoisotopic (exact) mass is 667 g/mol. The molecule has 0 unspecified atom stereocenters. The molecule has 9 nitrogen and oxygen atoms in total. The van der Waals surface area contributed by atoms with Crippen LogP contribution in [0.15, 0.2) is 18.2 Å². The number of nitrogens with one attached hydrogen (secondary N) is 3. The number of carboxylic acids is 2. The van der Waals surface area contributed by atoms with Crippen LogP contribution in [0, 0.1) is 20.8 Å². The second kappa shape index (κ2) is 15.5. The van der Waals surface area contributed by atoms with Crippen molar-refractivity contribution in [1.29, 1.82) is 0 Å². The second-order valence-corrected chi connectivity index (χ2v) is 13.9. The lowest BCUT2D eigenvalue weighted by Gasteiger charge is -2.16. The SMILES string of the molecule is CCCCCCCCNCc1c(C)c2cc3nc(c(C)c4nc(cc5[nH]c(cc1[nH]2)c(C)c5CC)C(C)=C4C(=O)O)[C@@H](CCC(=O)O)[C@@H]3C. The fourth-order valence-electron chi connectivity index (χ4n) is 7.57. The Kier molecular flexibility index (Phi) is 11.4. The van der Waals surface area contributed by atoms with Crippen molar-refractivity contribution >= 4 is 45.2 Å². The Hall–Kier alpha value is -4.24. The molecule has 9 heteroatoms. The van der Waals surface area contributed by atoms with Crippen LogP contribution >= 0.6 is 0 Å². The van der Waals surface area contributed by atoms with Gasteiger partial charge in [-0.1, -0.05) is 52.9 Å². The summed E-state index contributed by atoms with van der Waals surface area (Å²) in [6.45, 7) is 16.1. The Balaban J connectivity index is 1.75. The number of aromatic nitrogens is 4. The van der Waals surface area contributed by atoms with Crippen molar-refractivity contribution in [2.75, 3.05) is 6.54 Å². The number of H-pyrrole nitrogens is 2. The van der Waals surface area contributed by atoms with E-state index >= 15 is 0 Å². The number of hydrogen-bond acceptors (Lipinski definition) is 5. The van der Waals surface area contributed by atoms with Gasteiger partial charge >= 0.3 is 11.9 Å². The number of aryl methyl sites for hydroxylation is 3. The highest BCUT2D eigenvalue weighted by molar-refractivity contribution is 6.24. The Bertz CT molecular complexity index is 1930. The fraction of sp³-hybridized carbons (Fsp3) is 0.500. The average molecular weight is 668 g/mol. The number of nitrogens with zero attached hydrogens (tertiary/aromatic N) is 2. The summed E-state index contributed by atoms with van der Waals surface area (Å²) in [5.74, 6) is -2.17. The van der Waals surface area contributed by atoms with Crippen molar-refractivity contribution < 1.29 is 19.8 Å². The van der Waals surface area contributed by atoms with Crippen LogP contribution in [0.3, 0.4) is 0 Å². The summed E-state index contributed by atoms with van der Waals surface area (Å²) >= 11 is 0. The molecule has 2 atom stereocenters. The molecule has 2 aliphatic rings. The van der Waals surface area contributed by atoms with E-state index in [1.54, 1.807) is 6.92 Å². The van der Waals surface area contributed by atoms with Crippen molar-refractivity contribution in [1.82, 2.24) is 25.3 Å². The van der Waals surface area contributed by atoms with Gasteiger partial charge in [0.1, 0.15) is 0 Å². The predicted octanol–water partition coefficient (Wildman–Crippen LogP) is 9.02. The van der Waals surface area contributed by atoms with E-state index in [1.807, 2.05) is 13.0 Å². The number of aliphatic carboxylic acids is 2. The number of allylic oxidation sites excluding steroid dienone is 1. The van der Waals surface area contributed by atoms with Gasteiger partial charge in [-0.15, -0.1) is 0 Å².